The lowest BCUT2D eigenvalue weighted by Crippen LogP contribution is -2.31. The molecule has 0 saturated carbocycles. The summed E-state index contributed by atoms with van der Waals surface area (Å²) in [5, 5.41) is 8.93. The van der Waals surface area contributed by atoms with E-state index in [2.05, 4.69) is 36.2 Å². The maximum atomic E-state index is 12.9. The van der Waals surface area contributed by atoms with Gasteiger partial charge in [0.25, 0.3) is 0 Å². The molecule has 0 spiro atoms. The highest BCUT2D eigenvalue weighted by Crippen LogP contribution is 2.28. The fraction of sp³-hybridized carbons (Fsp3) is 0.348. The zero-order valence-corrected chi connectivity index (χ0v) is 19.4. The first kappa shape index (κ1) is 22.7. The van der Waals surface area contributed by atoms with Gasteiger partial charge in [0.15, 0.2) is 16.7 Å². The van der Waals surface area contributed by atoms with E-state index in [0.29, 0.717) is 29.7 Å². The molecule has 0 aliphatic carbocycles. The van der Waals surface area contributed by atoms with Gasteiger partial charge in [-0.3, -0.25) is 9.36 Å². The molecule has 31 heavy (non-hydrogen) atoms. The topological polar surface area (TPSA) is 69.5 Å². The van der Waals surface area contributed by atoms with Crippen LogP contribution in [0.25, 0.3) is 5.69 Å². The van der Waals surface area contributed by atoms with Crippen LogP contribution in [0.4, 0.5) is 0 Å². The van der Waals surface area contributed by atoms with Crippen LogP contribution in [-0.4, -0.2) is 52.1 Å². The van der Waals surface area contributed by atoms with Crippen molar-refractivity contribution in [3.8, 4) is 17.2 Å². The molecule has 0 bridgehead atoms. The number of rotatable bonds is 9. The molecule has 1 amide bonds. The average Bonchev–Trinajstić information content (AvgIpc) is 3.26. The number of aromatic nitrogens is 3. The standard InChI is InChI=1S/C23H28N4O3S/c1-6-26(13-18-8-10-20(29-4)21(12-18)30-5)22(28)14-31-23-25-24-15-27(23)19-9-7-16(2)17(3)11-19/h7-12,15H,6,13-14H2,1-5H3. The van der Waals surface area contributed by atoms with Gasteiger partial charge in [-0.2, -0.15) is 0 Å². The van der Waals surface area contributed by atoms with Gasteiger partial charge in [0.2, 0.25) is 5.91 Å². The number of hydrogen-bond acceptors (Lipinski definition) is 6. The lowest BCUT2D eigenvalue weighted by molar-refractivity contribution is -0.128. The third-order valence-electron chi connectivity index (χ3n) is 5.17. The summed E-state index contributed by atoms with van der Waals surface area (Å²) in [6, 6.07) is 11.9. The largest absolute Gasteiger partial charge is 0.493 e. The Morgan fingerprint density at radius 1 is 1.06 bits per heavy atom. The van der Waals surface area contributed by atoms with Gasteiger partial charge in [-0.05, 0) is 61.7 Å². The molecule has 2 aromatic carbocycles. The van der Waals surface area contributed by atoms with Crippen LogP contribution in [0.2, 0.25) is 0 Å². The Bertz CT molecular complexity index is 1050. The fourth-order valence-electron chi connectivity index (χ4n) is 3.17. The average molecular weight is 441 g/mol. The first-order chi connectivity index (χ1) is 15.0. The quantitative estimate of drug-likeness (QED) is 0.468. The minimum Gasteiger partial charge on any atom is -0.493 e. The van der Waals surface area contributed by atoms with E-state index in [0.717, 1.165) is 11.3 Å². The van der Waals surface area contributed by atoms with Crippen LogP contribution in [0.1, 0.15) is 23.6 Å². The molecule has 0 unspecified atom stereocenters. The smallest absolute Gasteiger partial charge is 0.233 e. The second-order valence-corrected chi connectivity index (χ2v) is 8.08. The number of benzene rings is 2. The number of ether oxygens (including phenoxy) is 2. The molecule has 0 aliphatic rings. The van der Waals surface area contributed by atoms with E-state index in [-0.39, 0.29) is 11.7 Å². The second kappa shape index (κ2) is 10.3. The number of hydrogen-bond donors (Lipinski definition) is 0. The third kappa shape index (κ3) is 5.38. The van der Waals surface area contributed by atoms with Crippen molar-refractivity contribution in [2.45, 2.75) is 32.5 Å². The second-order valence-electron chi connectivity index (χ2n) is 7.14. The summed E-state index contributed by atoms with van der Waals surface area (Å²) in [6.45, 7) is 7.24. The van der Waals surface area contributed by atoms with Gasteiger partial charge in [-0.1, -0.05) is 23.9 Å². The molecule has 0 atom stereocenters. The van der Waals surface area contributed by atoms with Crippen LogP contribution >= 0.6 is 11.8 Å². The molecule has 3 rings (SSSR count). The zero-order valence-electron chi connectivity index (χ0n) is 18.6. The van der Waals surface area contributed by atoms with Gasteiger partial charge in [-0.25, -0.2) is 0 Å². The predicted octanol–water partition coefficient (Wildman–Crippen LogP) is 4.04. The van der Waals surface area contributed by atoms with E-state index in [4.69, 9.17) is 9.47 Å². The molecular weight excluding hydrogens is 412 g/mol. The van der Waals surface area contributed by atoms with Crippen molar-refractivity contribution < 1.29 is 14.3 Å². The van der Waals surface area contributed by atoms with Gasteiger partial charge in [0, 0.05) is 18.8 Å². The van der Waals surface area contributed by atoms with Crippen LogP contribution in [-0.2, 0) is 11.3 Å². The van der Waals surface area contributed by atoms with E-state index >= 15 is 0 Å². The Morgan fingerprint density at radius 3 is 2.52 bits per heavy atom. The molecule has 0 radical (unpaired) electrons. The summed E-state index contributed by atoms with van der Waals surface area (Å²) in [5.74, 6) is 1.64. The molecule has 1 heterocycles. The number of methoxy groups -OCH3 is 2. The van der Waals surface area contributed by atoms with E-state index in [9.17, 15) is 4.79 Å². The fourth-order valence-corrected chi connectivity index (χ4v) is 4.00. The molecule has 7 nitrogen and oxygen atoms in total. The number of amides is 1. The van der Waals surface area contributed by atoms with Crippen LogP contribution in [0.15, 0.2) is 47.9 Å². The van der Waals surface area contributed by atoms with Crippen molar-refractivity contribution in [1.82, 2.24) is 19.7 Å². The Morgan fingerprint density at radius 2 is 1.84 bits per heavy atom. The van der Waals surface area contributed by atoms with Crippen molar-refractivity contribution in [2.24, 2.45) is 0 Å². The SMILES string of the molecule is CCN(Cc1ccc(OC)c(OC)c1)C(=O)CSc1nncn1-c1ccc(C)c(C)c1. The van der Waals surface area contributed by atoms with Crippen LogP contribution in [0.5, 0.6) is 11.5 Å². The van der Waals surface area contributed by atoms with Gasteiger partial charge in [0.1, 0.15) is 6.33 Å². The minimum atomic E-state index is 0.0388. The van der Waals surface area contributed by atoms with E-state index in [1.807, 2.05) is 40.7 Å². The summed E-state index contributed by atoms with van der Waals surface area (Å²) >= 11 is 1.39. The first-order valence-corrected chi connectivity index (χ1v) is 11.0. The third-order valence-corrected chi connectivity index (χ3v) is 6.09. The number of nitrogens with zero attached hydrogens (tertiary/aromatic N) is 4. The number of carbonyl (C=O) groups is 1. The van der Waals surface area contributed by atoms with Crippen LogP contribution in [0.3, 0.4) is 0 Å². The summed E-state index contributed by atoms with van der Waals surface area (Å²) in [7, 11) is 3.21. The van der Waals surface area contributed by atoms with E-state index in [1.165, 1.54) is 22.9 Å². The van der Waals surface area contributed by atoms with Crippen molar-refractivity contribution in [1.29, 1.82) is 0 Å². The lowest BCUT2D eigenvalue weighted by Gasteiger charge is -2.21. The Hall–Kier alpha value is -3.00. The minimum absolute atomic E-state index is 0.0388. The zero-order chi connectivity index (χ0) is 22.4. The van der Waals surface area contributed by atoms with Gasteiger partial charge >= 0.3 is 0 Å². The molecule has 3 aromatic rings. The molecule has 0 N–H and O–H groups in total. The summed E-state index contributed by atoms with van der Waals surface area (Å²) < 4.78 is 12.6. The Labute approximate surface area is 187 Å². The monoisotopic (exact) mass is 440 g/mol. The maximum Gasteiger partial charge on any atom is 0.233 e. The van der Waals surface area contributed by atoms with Gasteiger partial charge < -0.3 is 14.4 Å². The van der Waals surface area contributed by atoms with Crippen LogP contribution in [0, 0.1) is 13.8 Å². The van der Waals surface area contributed by atoms with Crippen molar-refractivity contribution in [2.75, 3.05) is 26.5 Å². The molecule has 8 heteroatoms. The Kier molecular flexibility index (Phi) is 7.57. The van der Waals surface area contributed by atoms with Crippen molar-refractivity contribution >= 4 is 17.7 Å². The number of thioether (sulfide) groups is 1. The van der Waals surface area contributed by atoms with E-state index in [1.54, 1.807) is 20.5 Å². The van der Waals surface area contributed by atoms with Crippen molar-refractivity contribution in [3.05, 3.63) is 59.4 Å². The molecule has 1 aromatic heterocycles. The molecular formula is C23H28N4O3S. The molecule has 0 saturated heterocycles. The molecule has 164 valence electrons. The number of carbonyl (C=O) groups excluding carboxylic acids is 1. The number of aryl methyl sites for hydroxylation is 2. The van der Waals surface area contributed by atoms with Crippen molar-refractivity contribution in [3.63, 3.8) is 0 Å². The van der Waals surface area contributed by atoms with E-state index < -0.39 is 0 Å². The lowest BCUT2D eigenvalue weighted by atomic mass is 10.1. The summed E-state index contributed by atoms with van der Waals surface area (Å²) in [6.07, 6.45) is 1.68. The first-order valence-electron chi connectivity index (χ1n) is 10.1. The highest BCUT2D eigenvalue weighted by Gasteiger charge is 2.16. The van der Waals surface area contributed by atoms with Gasteiger partial charge in [0.05, 0.1) is 20.0 Å². The maximum absolute atomic E-state index is 12.9. The summed E-state index contributed by atoms with van der Waals surface area (Å²) in [4.78, 5) is 14.7. The normalized spacial score (nSPS) is 10.7. The molecule has 0 aliphatic heterocycles. The predicted molar refractivity (Wildman–Crippen MR) is 122 cm³/mol. The highest BCUT2D eigenvalue weighted by atomic mass is 32.2. The van der Waals surface area contributed by atoms with Crippen LogP contribution < -0.4 is 9.47 Å². The molecule has 0 fully saturated rings. The highest BCUT2D eigenvalue weighted by molar-refractivity contribution is 7.99. The Balaban J connectivity index is 1.67. The summed E-state index contributed by atoms with van der Waals surface area (Å²) in [5.41, 5.74) is 4.40. The van der Waals surface area contributed by atoms with Gasteiger partial charge in [-0.15, -0.1) is 10.2 Å².